The Kier molecular flexibility index (Phi) is 6.29. The molecule has 1 N–H and O–H groups in total. The van der Waals surface area contributed by atoms with Crippen molar-refractivity contribution in [3.8, 4) is 11.8 Å². The fraction of sp³-hybridized carbons (Fsp3) is 0.286. The monoisotopic (exact) mass is 531 g/mol. The third-order valence-corrected chi connectivity index (χ3v) is 7.29. The number of likely N-dealkylation sites (N-methyl/N-ethyl adjacent to an activating group) is 1. The van der Waals surface area contributed by atoms with Gasteiger partial charge in [0.15, 0.2) is 5.65 Å². The number of nitrogens with one attached hydrogen (secondary N) is 1. The lowest BCUT2D eigenvalue weighted by Crippen LogP contribution is -2.44. The van der Waals surface area contributed by atoms with Crippen LogP contribution in [0.15, 0.2) is 61.2 Å². The van der Waals surface area contributed by atoms with E-state index >= 15 is 0 Å². The van der Waals surface area contributed by atoms with E-state index in [1.165, 1.54) is 30.6 Å². The maximum absolute atomic E-state index is 14.0. The lowest BCUT2D eigenvalue weighted by molar-refractivity contribution is -0.138. The third-order valence-electron chi connectivity index (χ3n) is 7.29. The van der Waals surface area contributed by atoms with Crippen LogP contribution in [0.25, 0.3) is 5.65 Å². The highest BCUT2D eigenvalue weighted by atomic mass is 19.4. The number of carbonyl (C=O) groups excluding carboxylic acids is 1. The van der Waals surface area contributed by atoms with E-state index in [9.17, 15) is 18.0 Å². The summed E-state index contributed by atoms with van der Waals surface area (Å²) in [5, 5.41) is 6.78. The van der Waals surface area contributed by atoms with Crippen molar-refractivity contribution in [1.29, 1.82) is 0 Å². The van der Waals surface area contributed by atoms with Gasteiger partial charge < -0.3 is 10.2 Å². The van der Waals surface area contributed by atoms with Gasteiger partial charge in [-0.1, -0.05) is 12.0 Å². The Bertz CT molecular complexity index is 1620. The van der Waals surface area contributed by atoms with Crippen molar-refractivity contribution < 1.29 is 18.0 Å². The van der Waals surface area contributed by atoms with E-state index in [4.69, 9.17) is 0 Å². The molecule has 198 valence electrons. The van der Waals surface area contributed by atoms with Crippen molar-refractivity contribution in [1.82, 2.24) is 29.4 Å². The molecule has 2 atom stereocenters. The topological polar surface area (TPSA) is 78.7 Å². The predicted octanol–water partition coefficient (Wildman–Crippen LogP) is 3.68. The zero-order chi connectivity index (χ0) is 27.1. The van der Waals surface area contributed by atoms with Crippen LogP contribution in [0.1, 0.15) is 39.2 Å². The summed E-state index contributed by atoms with van der Waals surface area (Å²) in [5.74, 6) is 5.31. The SMILES string of the molecule is CN1CC2CC1CN2Cc1ccc(NC(=O)c2cncc(C#Cc3cnc4cccnn34)c2)cc1C(F)(F)F. The summed E-state index contributed by atoms with van der Waals surface area (Å²) in [7, 11) is 2.05. The maximum Gasteiger partial charge on any atom is 0.416 e. The van der Waals surface area contributed by atoms with Crippen molar-refractivity contribution in [2.75, 3.05) is 25.5 Å². The summed E-state index contributed by atoms with van der Waals surface area (Å²) < 4.78 is 43.6. The number of aromatic nitrogens is 4. The first kappa shape index (κ1) is 25.0. The molecule has 11 heteroatoms. The second-order valence-electron chi connectivity index (χ2n) is 9.89. The van der Waals surface area contributed by atoms with Crippen LogP contribution in [-0.2, 0) is 12.7 Å². The van der Waals surface area contributed by atoms with Gasteiger partial charge in [-0.2, -0.15) is 18.3 Å². The molecule has 2 saturated heterocycles. The fourth-order valence-corrected chi connectivity index (χ4v) is 5.30. The van der Waals surface area contributed by atoms with E-state index in [1.54, 1.807) is 29.0 Å². The number of fused-ring (bicyclic) bond motifs is 3. The van der Waals surface area contributed by atoms with Crippen LogP contribution in [0.4, 0.5) is 18.9 Å². The molecule has 2 aliphatic heterocycles. The number of benzene rings is 1. The average molecular weight is 532 g/mol. The Morgan fingerprint density at radius 2 is 1.97 bits per heavy atom. The number of hydrogen-bond acceptors (Lipinski definition) is 6. The van der Waals surface area contributed by atoms with E-state index in [2.05, 4.69) is 49.1 Å². The lowest BCUT2D eigenvalue weighted by atomic mass is 10.0. The van der Waals surface area contributed by atoms with E-state index in [0.717, 1.165) is 25.6 Å². The van der Waals surface area contributed by atoms with E-state index in [0.29, 0.717) is 22.9 Å². The van der Waals surface area contributed by atoms with Crippen LogP contribution < -0.4 is 5.32 Å². The van der Waals surface area contributed by atoms with Crippen LogP contribution in [0.5, 0.6) is 0 Å². The first-order valence-electron chi connectivity index (χ1n) is 12.5. The van der Waals surface area contributed by atoms with Crippen LogP contribution >= 0.6 is 0 Å². The molecule has 39 heavy (non-hydrogen) atoms. The van der Waals surface area contributed by atoms with Crippen LogP contribution in [0, 0.1) is 11.8 Å². The van der Waals surface area contributed by atoms with E-state index in [1.807, 2.05) is 0 Å². The number of piperazine rings is 1. The Hall–Kier alpha value is -4.27. The van der Waals surface area contributed by atoms with Gasteiger partial charge in [-0.05, 0) is 55.3 Å². The standard InChI is InChI=1S/C28H24F3N7O/c1-36-16-24-11-23(36)17-37(24)15-19-5-6-21(10-25(19)28(29,30)31)35-27(39)20-9-18(12-32-13-20)4-7-22-14-33-26-3-2-8-34-38(22)26/h2-3,5-6,8-10,12-14,23-24H,11,15-17H2,1H3,(H,35,39). The third kappa shape index (κ3) is 5.08. The summed E-state index contributed by atoms with van der Waals surface area (Å²) in [6.07, 6.45) is 2.50. The molecule has 0 saturated carbocycles. The quantitative estimate of drug-likeness (QED) is 0.405. The first-order valence-corrected chi connectivity index (χ1v) is 12.5. The van der Waals surface area contributed by atoms with E-state index in [-0.39, 0.29) is 29.4 Å². The van der Waals surface area contributed by atoms with Crippen molar-refractivity contribution >= 4 is 17.2 Å². The second kappa shape index (κ2) is 9.80. The number of imidazole rings is 1. The van der Waals surface area contributed by atoms with Gasteiger partial charge in [0.2, 0.25) is 0 Å². The number of hydrogen-bond donors (Lipinski definition) is 1. The second-order valence-corrected chi connectivity index (χ2v) is 9.89. The molecule has 0 spiro atoms. The van der Waals surface area contributed by atoms with Gasteiger partial charge in [-0.15, -0.1) is 0 Å². The number of likely N-dealkylation sites (tertiary alicyclic amines) is 2. The van der Waals surface area contributed by atoms with Gasteiger partial charge in [0.25, 0.3) is 5.91 Å². The number of rotatable bonds is 4. The minimum Gasteiger partial charge on any atom is -0.322 e. The minimum atomic E-state index is -4.55. The number of nitrogens with zero attached hydrogens (tertiary/aromatic N) is 6. The van der Waals surface area contributed by atoms with Gasteiger partial charge in [0, 0.05) is 61.6 Å². The molecule has 1 amide bonds. The summed E-state index contributed by atoms with van der Waals surface area (Å²) >= 11 is 0. The molecule has 4 aromatic rings. The molecule has 2 bridgehead atoms. The molecular formula is C28H24F3N7O. The molecule has 8 nitrogen and oxygen atoms in total. The molecule has 2 unspecified atom stereocenters. The summed E-state index contributed by atoms with van der Waals surface area (Å²) in [4.78, 5) is 25.6. The maximum atomic E-state index is 14.0. The molecular weight excluding hydrogens is 507 g/mol. The molecule has 0 aliphatic carbocycles. The number of amides is 1. The molecule has 5 heterocycles. The highest BCUT2D eigenvalue weighted by molar-refractivity contribution is 6.04. The molecule has 1 aromatic carbocycles. The molecule has 2 aliphatic rings. The lowest BCUT2D eigenvalue weighted by Gasteiger charge is -2.32. The number of halogens is 3. The highest BCUT2D eigenvalue weighted by Gasteiger charge is 2.42. The summed E-state index contributed by atoms with van der Waals surface area (Å²) in [5.41, 5.74) is 1.38. The number of alkyl halides is 3. The Morgan fingerprint density at radius 3 is 2.74 bits per heavy atom. The van der Waals surface area contributed by atoms with Crippen molar-refractivity contribution in [2.24, 2.45) is 0 Å². The van der Waals surface area contributed by atoms with Gasteiger partial charge >= 0.3 is 6.18 Å². The van der Waals surface area contributed by atoms with Crippen molar-refractivity contribution in [3.63, 3.8) is 0 Å². The molecule has 0 radical (unpaired) electrons. The molecule has 2 fully saturated rings. The normalized spacial score (nSPS) is 19.3. The fourth-order valence-electron chi connectivity index (χ4n) is 5.30. The minimum absolute atomic E-state index is 0.0621. The predicted molar refractivity (Wildman–Crippen MR) is 138 cm³/mol. The van der Waals surface area contributed by atoms with Gasteiger partial charge in [-0.3, -0.25) is 14.7 Å². The average Bonchev–Trinajstić information content (AvgIpc) is 3.62. The highest BCUT2D eigenvalue weighted by Crippen LogP contribution is 2.37. The Balaban J connectivity index is 1.19. The van der Waals surface area contributed by atoms with Gasteiger partial charge in [-0.25, -0.2) is 9.50 Å². The zero-order valence-corrected chi connectivity index (χ0v) is 21.0. The van der Waals surface area contributed by atoms with Crippen molar-refractivity contribution in [3.05, 3.63) is 89.1 Å². The first-order chi connectivity index (χ1) is 18.7. The van der Waals surface area contributed by atoms with E-state index < -0.39 is 17.6 Å². The summed E-state index contributed by atoms with van der Waals surface area (Å²) in [6, 6.07) is 9.74. The van der Waals surface area contributed by atoms with Crippen LogP contribution in [0.2, 0.25) is 0 Å². The smallest absolute Gasteiger partial charge is 0.322 e. The van der Waals surface area contributed by atoms with Gasteiger partial charge in [0.1, 0.15) is 5.69 Å². The number of carbonyl (C=O) groups is 1. The molecule has 6 rings (SSSR count). The Labute approximate surface area is 222 Å². The number of anilines is 1. The van der Waals surface area contributed by atoms with Crippen molar-refractivity contribution in [2.45, 2.75) is 31.2 Å². The van der Waals surface area contributed by atoms with Crippen LogP contribution in [-0.4, -0.2) is 67.5 Å². The Morgan fingerprint density at radius 1 is 1.10 bits per heavy atom. The van der Waals surface area contributed by atoms with Gasteiger partial charge in [0.05, 0.1) is 17.3 Å². The zero-order valence-electron chi connectivity index (χ0n) is 21.0. The number of pyridine rings is 1. The van der Waals surface area contributed by atoms with Crippen LogP contribution in [0.3, 0.4) is 0 Å². The largest absolute Gasteiger partial charge is 0.416 e. The molecule has 3 aromatic heterocycles. The summed E-state index contributed by atoms with van der Waals surface area (Å²) in [6.45, 7) is 1.86.